The summed E-state index contributed by atoms with van der Waals surface area (Å²) in [6.45, 7) is 5.95. The first-order valence-corrected chi connectivity index (χ1v) is 11.2. The van der Waals surface area contributed by atoms with E-state index in [0.717, 1.165) is 28.4 Å². The van der Waals surface area contributed by atoms with E-state index >= 15 is 0 Å². The highest BCUT2D eigenvalue weighted by Gasteiger charge is 2.29. The molecule has 0 radical (unpaired) electrons. The second kappa shape index (κ2) is 9.81. The summed E-state index contributed by atoms with van der Waals surface area (Å²) in [5.74, 6) is 0.692. The molecule has 2 amide bonds. The Morgan fingerprint density at radius 3 is 2.21 bits per heavy atom. The van der Waals surface area contributed by atoms with E-state index in [2.05, 4.69) is 4.57 Å². The minimum atomic E-state index is -0.325. The number of methoxy groups -OCH3 is 1. The standard InChI is InChI=1S/C26H29N3O4/c1-4-33-26(31)28-16-14-27(15-17-28)25(30)21-18-23(20-10-6-5-7-11-20)29(19(21)2)22-12-8-9-13-24(22)32-3/h5-13,18H,4,14-17H2,1-3H3. The van der Waals surface area contributed by atoms with Gasteiger partial charge in [0, 0.05) is 31.9 Å². The van der Waals surface area contributed by atoms with Crippen LogP contribution in [0.1, 0.15) is 23.0 Å². The number of amides is 2. The molecule has 1 aromatic heterocycles. The zero-order chi connectivity index (χ0) is 23.4. The van der Waals surface area contributed by atoms with Crippen LogP contribution < -0.4 is 4.74 Å². The quantitative estimate of drug-likeness (QED) is 0.583. The first kappa shape index (κ1) is 22.5. The normalized spacial score (nSPS) is 13.7. The molecule has 1 fully saturated rings. The predicted molar refractivity (Wildman–Crippen MR) is 127 cm³/mol. The van der Waals surface area contributed by atoms with Crippen molar-refractivity contribution in [2.75, 3.05) is 39.9 Å². The van der Waals surface area contributed by atoms with E-state index in [9.17, 15) is 9.59 Å². The van der Waals surface area contributed by atoms with Crippen molar-refractivity contribution in [1.82, 2.24) is 14.4 Å². The topological polar surface area (TPSA) is 64.0 Å². The van der Waals surface area contributed by atoms with Gasteiger partial charge in [0.2, 0.25) is 0 Å². The molecule has 1 saturated heterocycles. The molecule has 7 nitrogen and oxygen atoms in total. The van der Waals surface area contributed by atoms with Gasteiger partial charge < -0.3 is 23.8 Å². The zero-order valence-electron chi connectivity index (χ0n) is 19.3. The van der Waals surface area contributed by atoms with Crippen LogP contribution in [0.25, 0.3) is 16.9 Å². The van der Waals surface area contributed by atoms with Crippen molar-refractivity contribution >= 4 is 12.0 Å². The molecule has 4 rings (SSSR count). The summed E-state index contributed by atoms with van der Waals surface area (Å²) in [4.78, 5) is 29.0. The summed E-state index contributed by atoms with van der Waals surface area (Å²) in [6, 6.07) is 19.8. The summed E-state index contributed by atoms with van der Waals surface area (Å²) in [5, 5.41) is 0. The van der Waals surface area contributed by atoms with Gasteiger partial charge >= 0.3 is 6.09 Å². The third kappa shape index (κ3) is 4.44. The predicted octanol–water partition coefficient (Wildman–Crippen LogP) is 4.38. The van der Waals surface area contributed by atoms with E-state index in [1.54, 1.807) is 23.8 Å². The first-order valence-electron chi connectivity index (χ1n) is 11.2. The molecule has 0 N–H and O–H groups in total. The maximum Gasteiger partial charge on any atom is 0.409 e. The highest BCUT2D eigenvalue weighted by Crippen LogP contribution is 2.34. The average Bonchev–Trinajstić information content (AvgIpc) is 3.21. The van der Waals surface area contributed by atoms with E-state index in [0.29, 0.717) is 38.3 Å². The van der Waals surface area contributed by atoms with Crippen molar-refractivity contribution in [1.29, 1.82) is 0 Å². The molecule has 2 aromatic carbocycles. The Bertz CT molecular complexity index is 1130. The van der Waals surface area contributed by atoms with Crippen LogP contribution in [0.3, 0.4) is 0 Å². The molecule has 0 saturated carbocycles. The molecule has 0 spiro atoms. The van der Waals surface area contributed by atoms with Crippen LogP contribution in [0.2, 0.25) is 0 Å². The van der Waals surface area contributed by atoms with E-state index in [4.69, 9.17) is 9.47 Å². The van der Waals surface area contributed by atoms with Gasteiger partial charge in [-0.05, 0) is 37.6 Å². The number of nitrogens with zero attached hydrogens (tertiary/aromatic N) is 3. The lowest BCUT2D eigenvalue weighted by Crippen LogP contribution is -2.50. The highest BCUT2D eigenvalue weighted by molar-refractivity contribution is 5.97. The van der Waals surface area contributed by atoms with Crippen LogP contribution in [0.15, 0.2) is 60.7 Å². The van der Waals surface area contributed by atoms with Crippen LogP contribution in [0.5, 0.6) is 5.75 Å². The number of piperazine rings is 1. The third-order valence-corrected chi connectivity index (χ3v) is 5.97. The molecule has 33 heavy (non-hydrogen) atoms. The van der Waals surface area contributed by atoms with Crippen molar-refractivity contribution in [2.24, 2.45) is 0 Å². The maximum absolute atomic E-state index is 13.6. The summed E-state index contributed by atoms with van der Waals surface area (Å²) in [5.41, 5.74) is 4.30. The molecule has 0 unspecified atom stereocenters. The highest BCUT2D eigenvalue weighted by atomic mass is 16.6. The van der Waals surface area contributed by atoms with Gasteiger partial charge in [0.25, 0.3) is 5.91 Å². The van der Waals surface area contributed by atoms with Crippen LogP contribution in [0, 0.1) is 6.92 Å². The van der Waals surface area contributed by atoms with Gasteiger partial charge in [-0.1, -0.05) is 42.5 Å². The smallest absolute Gasteiger partial charge is 0.409 e. The van der Waals surface area contributed by atoms with Gasteiger partial charge in [0.05, 0.1) is 30.7 Å². The van der Waals surface area contributed by atoms with E-state index in [-0.39, 0.29) is 12.0 Å². The second-order valence-corrected chi connectivity index (χ2v) is 7.88. The monoisotopic (exact) mass is 447 g/mol. The van der Waals surface area contributed by atoms with Gasteiger partial charge in [-0.3, -0.25) is 4.79 Å². The molecule has 0 aliphatic carbocycles. The SMILES string of the molecule is CCOC(=O)N1CCN(C(=O)c2cc(-c3ccccc3)n(-c3ccccc3OC)c2C)CC1. The largest absolute Gasteiger partial charge is 0.495 e. The fraction of sp³-hybridized carbons (Fsp3) is 0.308. The van der Waals surface area contributed by atoms with E-state index < -0.39 is 0 Å². The number of carbonyl (C=O) groups excluding carboxylic acids is 2. The van der Waals surface area contributed by atoms with Gasteiger partial charge in [0.1, 0.15) is 5.75 Å². The average molecular weight is 448 g/mol. The fourth-order valence-electron chi connectivity index (χ4n) is 4.25. The van der Waals surface area contributed by atoms with Gasteiger partial charge in [-0.25, -0.2) is 4.79 Å². The number of ether oxygens (including phenoxy) is 2. The molecule has 1 aliphatic heterocycles. The Labute approximate surface area is 194 Å². The second-order valence-electron chi connectivity index (χ2n) is 7.88. The number of rotatable bonds is 5. The van der Waals surface area contributed by atoms with Crippen LogP contribution >= 0.6 is 0 Å². The Kier molecular flexibility index (Phi) is 6.68. The maximum atomic E-state index is 13.6. The van der Waals surface area contributed by atoms with E-state index in [1.165, 1.54) is 0 Å². The van der Waals surface area contributed by atoms with Gasteiger partial charge in [0.15, 0.2) is 0 Å². The summed E-state index contributed by atoms with van der Waals surface area (Å²) in [6.07, 6.45) is -0.325. The fourth-order valence-corrected chi connectivity index (χ4v) is 4.25. The van der Waals surface area contributed by atoms with Crippen LogP contribution in [-0.4, -0.2) is 66.3 Å². The first-order chi connectivity index (χ1) is 16.0. The van der Waals surface area contributed by atoms with Crippen molar-refractivity contribution in [3.8, 4) is 22.7 Å². The molecule has 3 aromatic rings. The van der Waals surface area contributed by atoms with Crippen molar-refractivity contribution in [3.05, 3.63) is 71.9 Å². The number of aromatic nitrogens is 1. The lowest BCUT2D eigenvalue weighted by molar-refractivity contribution is 0.0570. The number of hydrogen-bond acceptors (Lipinski definition) is 4. The van der Waals surface area contributed by atoms with Crippen molar-refractivity contribution < 1.29 is 19.1 Å². The molecule has 7 heteroatoms. The molecular weight excluding hydrogens is 418 g/mol. The van der Waals surface area contributed by atoms with Gasteiger partial charge in [-0.2, -0.15) is 0 Å². The number of hydrogen-bond donors (Lipinski definition) is 0. The van der Waals surface area contributed by atoms with Gasteiger partial charge in [-0.15, -0.1) is 0 Å². The third-order valence-electron chi connectivity index (χ3n) is 5.97. The number of benzene rings is 2. The Morgan fingerprint density at radius 1 is 0.909 bits per heavy atom. The zero-order valence-corrected chi connectivity index (χ0v) is 19.3. The molecule has 0 bridgehead atoms. The van der Waals surface area contributed by atoms with Crippen LogP contribution in [0.4, 0.5) is 4.79 Å². The minimum Gasteiger partial charge on any atom is -0.495 e. The molecule has 172 valence electrons. The molecule has 1 aliphatic rings. The molecule has 0 atom stereocenters. The number of carbonyl (C=O) groups is 2. The van der Waals surface area contributed by atoms with Crippen molar-refractivity contribution in [3.63, 3.8) is 0 Å². The van der Waals surface area contributed by atoms with Crippen LogP contribution in [-0.2, 0) is 4.74 Å². The summed E-state index contributed by atoms with van der Waals surface area (Å²) in [7, 11) is 1.65. The Morgan fingerprint density at radius 2 is 1.55 bits per heavy atom. The lowest BCUT2D eigenvalue weighted by atomic mass is 10.1. The van der Waals surface area contributed by atoms with E-state index in [1.807, 2.05) is 67.6 Å². The molecule has 2 heterocycles. The van der Waals surface area contributed by atoms with Crippen molar-refractivity contribution in [2.45, 2.75) is 13.8 Å². The Hall–Kier alpha value is -3.74. The Balaban J connectivity index is 1.70. The summed E-state index contributed by atoms with van der Waals surface area (Å²) >= 11 is 0. The lowest BCUT2D eigenvalue weighted by Gasteiger charge is -2.34. The number of para-hydroxylation sites is 2. The molecular formula is C26H29N3O4. The minimum absolute atomic E-state index is 0.0400. The summed E-state index contributed by atoms with van der Waals surface area (Å²) < 4.78 is 12.8.